The third-order valence-corrected chi connectivity index (χ3v) is 3.57. The van der Waals surface area contributed by atoms with E-state index in [1.807, 2.05) is 18.2 Å². The molecule has 2 aromatic carbocycles. The first-order chi connectivity index (χ1) is 10.1. The van der Waals surface area contributed by atoms with E-state index >= 15 is 0 Å². The van der Waals surface area contributed by atoms with Gasteiger partial charge in [0.25, 0.3) is 0 Å². The second kappa shape index (κ2) is 6.78. The van der Waals surface area contributed by atoms with Gasteiger partial charge in [-0.25, -0.2) is 4.39 Å². The van der Waals surface area contributed by atoms with E-state index in [0.29, 0.717) is 17.9 Å². The van der Waals surface area contributed by atoms with E-state index in [1.165, 1.54) is 6.07 Å². The highest BCUT2D eigenvalue weighted by Gasteiger charge is 2.18. The third-order valence-electron chi connectivity index (χ3n) is 3.28. The van der Waals surface area contributed by atoms with Crippen LogP contribution in [0.25, 0.3) is 0 Å². The molecule has 2 N–H and O–H groups in total. The molecule has 0 bridgehead atoms. The largest absolute Gasteiger partial charge is 0.496 e. The van der Waals surface area contributed by atoms with Crippen molar-refractivity contribution in [1.82, 2.24) is 0 Å². The van der Waals surface area contributed by atoms with Crippen LogP contribution in [0.2, 0.25) is 5.02 Å². The highest BCUT2D eigenvalue weighted by Crippen LogP contribution is 2.34. The fourth-order valence-electron chi connectivity index (χ4n) is 2.27. The maximum absolute atomic E-state index is 13.2. The van der Waals surface area contributed by atoms with Crippen molar-refractivity contribution in [3.05, 3.63) is 58.4 Å². The van der Waals surface area contributed by atoms with Gasteiger partial charge in [-0.05, 0) is 36.2 Å². The lowest BCUT2D eigenvalue weighted by molar-refractivity contribution is 0.379. The van der Waals surface area contributed by atoms with Gasteiger partial charge in [-0.3, -0.25) is 0 Å². The molecule has 0 aliphatic heterocycles. The Bertz CT molecular complexity index is 611. The summed E-state index contributed by atoms with van der Waals surface area (Å²) in [7, 11) is 3.17. The molecule has 0 radical (unpaired) electrons. The van der Waals surface area contributed by atoms with Gasteiger partial charge in [0.05, 0.1) is 24.8 Å². The fourth-order valence-corrected chi connectivity index (χ4v) is 2.47. The summed E-state index contributed by atoms with van der Waals surface area (Å²) in [6.07, 6.45) is 0.497. The summed E-state index contributed by atoms with van der Waals surface area (Å²) in [5.41, 5.74) is 7.90. The monoisotopic (exact) mass is 309 g/mol. The Labute approximate surface area is 128 Å². The van der Waals surface area contributed by atoms with E-state index in [4.69, 9.17) is 26.8 Å². The molecule has 0 heterocycles. The Balaban J connectivity index is 2.31. The first-order valence-electron chi connectivity index (χ1n) is 6.47. The number of ether oxygens (including phenoxy) is 2. The second-order valence-electron chi connectivity index (χ2n) is 4.64. The van der Waals surface area contributed by atoms with Crippen LogP contribution in [0.1, 0.15) is 17.2 Å². The molecule has 2 rings (SSSR count). The van der Waals surface area contributed by atoms with Gasteiger partial charge in [-0.1, -0.05) is 23.7 Å². The molecule has 5 heteroatoms. The van der Waals surface area contributed by atoms with Gasteiger partial charge in [0.1, 0.15) is 17.3 Å². The molecule has 3 nitrogen and oxygen atoms in total. The Morgan fingerprint density at radius 3 is 2.29 bits per heavy atom. The van der Waals surface area contributed by atoms with Crippen molar-refractivity contribution in [1.29, 1.82) is 0 Å². The van der Waals surface area contributed by atoms with Crippen LogP contribution in [0.4, 0.5) is 4.39 Å². The first-order valence-corrected chi connectivity index (χ1v) is 6.85. The smallest absolute Gasteiger partial charge is 0.141 e. The number of benzene rings is 2. The standard InChI is InChI=1S/C16H17ClFNO2/c1-20-14-4-3-5-15(21-2)16(14)13(19)9-10-6-7-12(18)11(17)8-10/h3-8,13H,9,19H2,1-2H3. The van der Waals surface area contributed by atoms with Crippen molar-refractivity contribution in [2.24, 2.45) is 5.73 Å². The summed E-state index contributed by atoms with van der Waals surface area (Å²) < 4.78 is 23.9. The maximum Gasteiger partial charge on any atom is 0.141 e. The summed E-state index contributed by atoms with van der Waals surface area (Å²) in [4.78, 5) is 0. The number of methoxy groups -OCH3 is 2. The second-order valence-corrected chi connectivity index (χ2v) is 5.04. The molecule has 0 saturated carbocycles. The van der Waals surface area contributed by atoms with Crippen LogP contribution in [0, 0.1) is 5.82 Å². The molecular formula is C16H17ClFNO2. The summed E-state index contributed by atoms with van der Waals surface area (Å²) in [6.45, 7) is 0. The van der Waals surface area contributed by atoms with Gasteiger partial charge in [-0.2, -0.15) is 0 Å². The van der Waals surface area contributed by atoms with Crippen molar-refractivity contribution in [3.8, 4) is 11.5 Å². The van der Waals surface area contributed by atoms with Crippen LogP contribution in [-0.2, 0) is 6.42 Å². The highest BCUT2D eigenvalue weighted by atomic mass is 35.5. The molecule has 0 aliphatic carbocycles. The lowest BCUT2D eigenvalue weighted by Crippen LogP contribution is -2.15. The number of nitrogens with two attached hydrogens (primary N) is 1. The predicted octanol–water partition coefficient (Wildman–Crippen LogP) is 3.74. The van der Waals surface area contributed by atoms with Crippen LogP contribution in [-0.4, -0.2) is 14.2 Å². The van der Waals surface area contributed by atoms with Crippen molar-refractivity contribution < 1.29 is 13.9 Å². The zero-order valence-electron chi connectivity index (χ0n) is 11.9. The van der Waals surface area contributed by atoms with Crippen molar-refractivity contribution in [3.63, 3.8) is 0 Å². The normalized spacial score (nSPS) is 12.0. The molecule has 0 aliphatic rings. The van der Waals surface area contributed by atoms with Gasteiger partial charge in [-0.15, -0.1) is 0 Å². The molecular weight excluding hydrogens is 293 g/mol. The van der Waals surface area contributed by atoms with E-state index in [1.54, 1.807) is 26.4 Å². The highest BCUT2D eigenvalue weighted by molar-refractivity contribution is 6.30. The summed E-state index contributed by atoms with van der Waals surface area (Å²) in [5.74, 6) is 0.883. The van der Waals surface area contributed by atoms with E-state index < -0.39 is 5.82 Å². The average molecular weight is 310 g/mol. The molecule has 2 aromatic rings. The Morgan fingerprint density at radius 1 is 1.14 bits per heavy atom. The van der Waals surface area contributed by atoms with Crippen molar-refractivity contribution >= 4 is 11.6 Å². The van der Waals surface area contributed by atoms with Crippen LogP contribution in [0.5, 0.6) is 11.5 Å². The maximum atomic E-state index is 13.2. The molecule has 0 amide bonds. The topological polar surface area (TPSA) is 44.5 Å². The Morgan fingerprint density at radius 2 is 1.76 bits per heavy atom. The van der Waals surface area contributed by atoms with E-state index in [-0.39, 0.29) is 11.1 Å². The minimum Gasteiger partial charge on any atom is -0.496 e. The number of halogens is 2. The van der Waals surface area contributed by atoms with Crippen LogP contribution >= 0.6 is 11.6 Å². The van der Waals surface area contributed by atoms with Crippen LogP contribution < -0.4 is 15.2 Å². The minimum absolute atomic E-state index is 0.0895. The average Bonchev–Trinajstić information content (AvgIpc) is 2.49. The number of rotatable bonds is 5. The lowest BCUT2D eigenvalue weighted by atomic mass is 9.98. The SMILES string of the molecule is COc1cccc(OC)c1C(N)Cc1ccc(F)c(Cl)c1. The zero-order chi connectivity index (χ0) is 15.4. The summed E-state index contributed by atoms with van der Waals surface area (Å²) in [5, 5.41) is 0.0895. The number of hydrogen-bond acceptors (Lipinski definition) is 3. The first kappa shape index (κ1) is 15.6. The van der Waals surface area contributed by atoms with Gasteiger partial charge < -0.3 is 15.2 Å². The van der Waals surface area contributed by atoms with E-state index in [2.05, 4.69) is 0 Å². The van der Waals surface area contributed by atoms with Gasteiger partial charge in [0, 0.05) is 6.04 Å². The fraction of sp³-hybridized carbons (Fsp3) is 0.250. The Hall–Kier alpha value is -1.78. The third kappa shape index (κ3) is 3.46. The molecule has 0 aromatic heterocycles. The molecule has 1 unspecified atom stereocenters. The van der Waals surface area contributed by atoms with Crippen LogP contribution in [0.3, 0.4) is 0 Å². The predicted molar refractivity (Wildman–Crippen MR) is 81.6 cm³/mol. The zero-order valence-corrected chi connectivity index (χ0v) is 12.7. The van der Waals surface area contributed by atoms with E-state index in [9.17, 15) is 4.39 Å². The van der Waals surface area contributed by atoms with Gasteiger partial charge in [0.15, 0.2) is 0 Å². The lowest BCUT2D eigenvalue weighted by Gasteiger charge is -2.19. The van der Waals surface area contributed by atoms with Crippen molar-refractivity contribution in [2.75, 3.05) is 14.2 Å². The summed E-state index contributed by atoms with van der Waals surface area (Å²) in [6, 6.07) is 9.73. The molecule has 0 saturated heterocycles. The van der Waals surface area contributed by atoms with Crippen LogP contribution in [0.15, 0.2) is 36.4 Å². The molecule has 112 valence electrons. The van der Waals surface area contributed by atoms with Crippen molar-refractivity contribution in [2.45, 2.75) is 12.5 Å². The quantitative estimate of drug-likeness (QED) is 0.915. The molecule has 0 fully saturated rings. The number of hydrogen-bond donors (Lipinski definition) is 1. The molecule has 21 heavy (non-hydrogen) atoms. The van der Waals surface area contributed by atoms with Gasteiger partial charge in [0.2, 0.25) is 0 Å². The molecule has 1 atom stereocenters. The van der Waals surface area contributed by atoms with Gasteiger partial charge >= 0.3 is 0 Å². The summed E-state index contributed by atoms with van der Waals surface area (Å²) >= 11 is 5.80. The minimum atomic E-state index is -0.441. The molecule has 0 spiro atoms. The Kier molecular flexibility index (Phi) is 5.04. The van der Waals surface area contributed by atoms with E-state index in [0.717, 1.165) is 11.1 Å².